The monoisotopic (exact) mass is 305 g/mol. The molecule has 0 radical (unpaired) electrons. The second-order valence-corrected chi connectivity index (χ2v) is 5.24. The molecule has 0 aromatic carbocycles. The number of carbonyl (C=O) groups excluding carboxylic acids is 2. The average molecular weight is 305 g/mol. The van der Waals surface area contributed by atoms with Crippen LogP contribution in [0.25, 0.3) is 0 Å². The minimum atomic E-state index is -0.440. The molecule has 3 N–H and O–H groups in total. The van der Waals surface area contributed by atoms with E-state index < -0.39 is 6.03 Å². The summed E-state index contributed by atoms with van der Waals surface area (Å²) in [5.74, 6) is 0.510. The molecule has 22 heavy (non-hydrogen) atoms. The smallest absolute Gasteiger partial charge is 0.333 e. The van der Waals surface area contributed by atoms with Gasteiger partial charge in [0.1, 0.15) is 5.82 Å². The molecule has 0 atom stereocenters. The highest BCUT2D eigenvalue weighted by molar-refractivity contribution is 5.95. The molecular formula is C15H23N5O2. The van der Waals surface area contributed by atoms with Crippen LogP contribution in [0.4, 0.5) is 10.6 Å². The third-order valence-electron chi connectivity index (χ3n) is 3.57. The van der Waals surface area contributed by atoms with Crippen LogP contribution in [-0.2, 0) is 0 Å². The first-order valence-electron chi connectivity index (χ1n) is 7.76. The molecule has 1 aromatic rings. The summed E-state index contributed by atoms with van der Waals surface area (Å²) < 4.78 is 0. The number of urea groups is 1. The summed E-state index contributed by atoms with van der Waals surface area (Å²) in [6.45, 7) is 4.31. The largest absolute Gasteiger partial charge is 0.357 e. The standard InChI is InChI=1S/C15H23N5O2/c1-2-16-15(22)19-18-14(21)12-7-8-13(17-11-12)20-9-5-3-4-6-10-20/h7-8,11H,2-6,9-10H2,1H3,(H,18,21)(H2,16,19,22). The first kappa shape index (κ1) is 16.1. The van der Waals surface area contributed by atoms with E-state index >= 15 is 0 Å². The number of anilines is 1. The van der Waals surface area contributed by atoms with Gasteiger partial charge in [-0.05, 0) is 31.9 Å². The van der Waals surface area contributed by atoms with E-state index in [1.54, 1.807) is 13.0 Å². The van der Waals surface area contributed by atoms with Crippen LogP contribution in [0.2, 0.25) is 0 Å². The lowest BCUT2D eigenvalue weighted by Gasteiger charge is -2.21. The van der Waals surface area contributed by atoms with E-state index in [1.165, 1.54) is 31.9 Å². The molecule has 1 aromatic heterocycles. The fraction of sp³-hybridized carbons (Fsp3) is 0.533. The van der Waals surface area contributed by atoms with Crippen LogP contribution in [-0.4, -0.2) is 36.6 Å². The van der Waals surface area contributed by atoms with Gasteiger partial charge in [-0.3, -0.25) is 10.2 Å². The Balaban J connectivity index is 1.90. The van der Waals surface area contributed by atoms with E-state index in [1.807, 2.05) is 6.07 Å². The second kappa shape index (κ2) is 8.21. The zero-order chi connectivity index (χ0) is 15.8. The fourth-order valence-electron chi connectivity index (χ4n) is 2.40. The van der Waals surface area contributed by atoms with Crippen LogP contribution < -0.4 is 21.1 Å². The highest BCUT2D eigenvalue weighted by Crippen LogP contribution is 2.17. The summed E-state index contributed by atoms with van der Waals surface area (Å²) in [6, 6.07) is 3.14. The lowest BCUT2D eigenvalue weighted by molar-refractivity contribution is 0.0936. The first-order valence-corrected chi connectivity index (χ1v) is 7.76. The SMILES string of the molecule is CCNC(=O)NNC(=O)c1ccc(N2CCCCCC2)nc1. The number of amides is 3. The molecule has 7 nitrogen and oxygen atoms in total. The Morgan fingerprint density at radius 3 is 2.45 bits per heavy atom. The lowest BCUT2D eigenvalue weighted by atomic mass is 10.2. The van der Waals surface area contributed by atoms with E-state index in [2.05, 4.69) is 26.1 Å². The summed E-state index contributed by atoms with van der Waals surface area (Å²) >= 11 is 0. The van der Waals surface area contributed by atoms with E-state index in [0.29, 0.717) is 12.1 Å². The van der Waals surface area contributed by atoms with Crippen molar-refractivity contribution in [2.24, 2.45) is 0 Å². The normalized spacial score (nSPS) is 14.9. The predicted octanol–water partition coefficient (Wildman–Crippen LogP) is 1.43. The summed E-state index contributed by atoms with van der Waals surface area (Å²) in [7, 11) is 0. The van der Waals surface area contributed by atoms with Gasteiger partial charge in [0, 0.05) is 25.8 Å². The predicted molar refractivity (Wildman–Crippen MR) is 84.6 cm³/mol. The maximum absolute atomic E-state index is 11.9. The van der Waals surface area contributed by atoms with Crippen molar-refractivity contribution < 1.29 is 9.59 Å². The molecule has 0 spiro atoms. The molecule has 0 saturated carbocycles. The second-order valence-electron chi connectivity index (χ2n) is 5.24. The van der Waals surface area contributed by atoms with Crippen molar-refractivity contribution in [1.82, 2.24) is 21.2 Å². The van der Waals surface area contributed by atoms with Crippen molar-refractivity contribution in [3.05, 3.63) is 23.9 Å². The van der Waals surface area contributed by atoms with Gasteiger partial charge >= 0.3 is 6.03 Å². The average Bonchev–Trinajstić information content (AvgIpc) is 2.82. The van der Waals surface area contributed by atoms with Gasteiger partial charge in [0.15, 0.2) is 0 Å². The number of aromatic nitrogens is 1. The van der Waals surface area contributed by atoms with Crippen LogP contribution in [0.15, 0.2) is 18.3 Å². The van der Waals surface area contributed by atoms with Crippen LogP contribution in [0.3, 0.4) is 0 Å². The quantitative estimate of drug-likeness (QED) is 0.737. The Morgan fingerprint density at radius 2 is 1.86 bits per heavy atom. The number of rotatable bonds is 3. The number of hydrogen-bond acceptors (Lipinski definition) is 4. The van der Waals surface area contributed by atoms with Crippen molar-refractivity contribution in [2.75, 3.05) is 24.5 Å². The number of carbonyl (C=O) groups is 2. The Labute approximate surface area is 130 Å². The summed E-state index contributed by atoms with van der Waals surface area (Å²) in [4.78, 5) is 29.7. The van der Waals surface area contributed by atoms with Crippen molar-refractivity contribution in [2.45, 2.75) is 32.6 Å². The first-order chi connectivity index (χ1) is 10.7. The highest BCUT2D eigenvalue weighted by Gasteiger charge is 2.12. The zero-order valence-corrected chi connectivity index (χ0v) is 12.9. The topological polar surface area (TPSA) is 86.4 Å². The van der Waals surface area contributed by atoms with Gasteiger partial charge in [-0.1, -0.05) is 12.8 Å². The van der Waals surface area contributed by atoms with Crippen LogP contribution in [0.1, 0.15) is 43.0 Å². The molecule has 2 rings (SSSR count). The number of nitrogens with zero attached hydrogens (tertiary/aromatic N) is 2. The molecule has 1 aliphatic heterocycles. The van der Waals surface area contributed by atoms with Gasteiger partial charge in [0.25, 0.3) is 5.91 Å². The van der Waals surface area contributed by atoms with Crippen molar-refractivity contribution in [1.29, 1.82) is 0 Å². The summed E-state index contributed by atoms with van der Waals surface area (Å²) in [6.07, 6.45) is 6.43. The maximum Gasteiger partial charge on any atom is 0.333 e. The van der Waals surface area contributed by atoms with Crippen molar-refractivity contribution in [3.8, 4) is 0 Å². The van der Waals surface area contributed by atoms with Gasteiger partial charge in [0.05, 0.1) is 5.56 Å². The van der Waals surface area contributed by atoms with Gasteiger partial charge in [0.2, 0.25) is 0 Å². The molecule has 7 heteroatoms. The Kier molecular flexibility index (Phi) is 6.00. The van der Waals surface area contributed by atoms with Gasteiger partial charge in [-0.15, -0.1) is 0 Å². The molecule has 3 amide bonds. The van der Waals surface area contributed by atoms with Crippen molar-refractivity contribution in [3.63, 3.8) is 0 Å². The number of pyridine rings is 1. The van der Waals surface area contributed by atoms with E-state index in [9.17, 15) is 9.59 Å². The molecule has 1 saturated heterocycles. The Bertz CT molecular complexity index is 495. The fourth-order valence-corrected chi connectivity index (χ4v) is 2.40. The third kappa shape index (κ3) is 4.61. The molecular weight excluding hydrogens is 282 g/mol. The van der Waals surface area contributed by atoms with E-state index in [4.69, 9.17) is 0 Å². The third-order valence-corrected chi connectivity index (χ3v) is 3.57. The lowest BCUT2D eigenvalue weighted by Crippen LogP contribution is -2.46. The molecule has 1 aliphatic rings. The van der Waals surface area contributed by atoms with Crippen LogP contribution >= 0.6 is 0 Å². The molecule has 0 bridgehead atoms. The summed E-state index contributed by atoms with van der Waals surface area (Å²) in [5.41, 5.74) is 5.03. The maximum atomic E-state index is 11.9. The van der Waals surface area contributed by atoms with E-state index in [-0.39, 0.29) is 5.91 Å². The van der Waals surface area contributed by atoms with Gasteiger partial charge in [-0.2, -0.15) is 0 Å². The van der Waals surface area contributed by atoms with Gasteiger partial charge < -0.3 is 10.2 Å². The molecule has 1 fully saturated rings. The Morgan fingerprint density at radius 1 is 1.14 bits per heavy atom. The Hall–Kier alpha value is -2.31. The summed E-state index contributed by atoms with van der Waals surface area (Å²) in [5, 5.41) is 2.52. The molecule has 120 valence electrons. The minimum Gasteiger partial charge on any atom is -0.357 e. The minimum absolute atomic E-state index is 0.388. The molecule has 2 heterocycles. The molecule has 0 unspecified atom stereocenters. The van der Waals surface area contributed by atoms with Crippen LogP contribution in [0.5, 0.6) is 0 Å². The number of nitrogens with one attached hydrogen (secondary N) is 3. The highest BCUT2D eigenvalue weighted by atomic mass is 16.2. The zero-order valence-electron chi connectivity index (χ0n) is 12.9. The number of hydrogen-bond donors (Lipinski definition) is 3. The van der Waals surface area contributed by atoms with Crippen LogP contribution in [0, 0.1) is 0 Å². The van der Waals surface area contributed by atoms with Crippen molar-refractivity contribution >= 4 is 17.8 Å². The number of hydrazine groups is 1. The van der Waals surface area contributed by atoms with E-state index in [0.717, 1.165) is 18.9 Å². The van der Waals surface area contributed by atoms with Gasteiger partial charge in [-0.25, -0.2) is 15.2 Å². The molecule has 0 aliphatic carbocycles.